The number of carbonyl (C=O) groups excluding carboxylic acids is 1. The summed E-state index contributed by atoms with van der Waals surface area (Å²) in [6.45, 7) is 0.822. The Morgan fingerprint density at radius 2 is 1.94 bits per heavy atom. The van der Waals surface area contributed by atoms with Crippen molar-refractivity contribution < 1.29 is 28.6 Å². The Labute approximate surface area is 189 Å². The maximum absolute atomic E-state index is 13.6. The molecule has 1 aromatic carbocycles. The highest BCUT2D eigenvalue weighted by atomic mass is 35.5. The Hall–Kier alpha value is -2.39. The maximum atomic E-state index is 13.6. The molecule has 2 heterocycles. The van der Waals surface area contributed by atoms with Crippen molar-refractivity contribution in [2.75, 3.05) is 13.6 Å². The van der Waals surface area contributed by atoms with E-state index in [1.807, 2.05) is 4.57 Å². The summed E-state index contributed by atoms with van der Waals surface area (Å²) in [5.74, 6) is -3.36. The molecule has 0 bridgehead atoms. The summed E-state index contributed by atoms with van der Waals surface area (Å²) in [5, 5.41) is 21.2. The number of carbonyl (C=O) groups is 2. The second kappa shape index (κ2) is 8.19. The number of aliphatic hydroxyl groups is 1. The molecule has 1 saturated carbocycles. The Balaban J connectivity index is 1.67. The SMILES string of the molecule is CN(C(=O)c1cn(CC2CCCN2C(=O)O)c2cccc(Cl)c12)C1(O)CCC(F)(F)CC1. The predicted octanol–water partition coefficient (Wildman–Crippen LogP) is 4.41. The Kier molecular flexibility index (Phi) is 5.83. The van der Waals surface area contributed by atoms with Gasteiger partial charge in [-0.05, 0) is 25.0 Å². The van der Waals surface area contributed by atoms with Crippen LogP contribution in [0.5, 0.6) is 0 Å². The fourth-order valence-electron chi connectivity index (χ4n) is 4.85. The molecule has 2 amide bonds. The lowest BCUT2D eigenvalue weighted by molar-refractivity contribution is -0.154. The molecule has 2 aliphatic rings. The average Bonchev–Trinajstić information content (AvgIpc) is 3.36. The lowest BCUT2D eigenvalue weighted by Crippen LogP contribution is -2.53. The Bertz CT molecular complexity index is 1050. The summed E-state index contributed by atoms with van der Waals surface area (Å²) in [6, 6.07) is 4.97. The number of rotatable bonds is 4. The Morgan fingerprint density at radius 3 is 2.59 bits per heavy atom. The topological polar surface area (TPSA) is 86.0 Å². The molecule has 1 aromatic heterocycles. The summed E-state index contributed by atoms with van der Waals surface area (Å²) in [7, 11) is 1.41. The van der Waals surface area contributed by atoms with Gasteiger partial charge in [-0.1, -0.05) is 17.7 Å². The van der Waals surface area contributed by atoms with E-state index in [2.05, 4.69) is 0 Å². The first kappa shape index (κ1) is 22.8. The molecule has 1 aliphatic carbocycles. The number of amides is 2. The van der Waals surface area contributed by atoms with E-state index in [1.54, 1.807) is 24.4 Å². The molecule has 0 radical (unpaired) electrons. The second-order valence-corrected chi connectivity index (χ2v) is 9.21. The van der Waals surface area contributed by atoms with Gasteiger partial charge in [-0.3, -0.25) is 4.79 Å². The molecule has 0 spiro atoms. The normalized spacial score (nSPS) is 22.3. The molecule has 1 saturated heterocycles. The van der Waals surface area contributed by atoms with Crippen LogP contribution in [0.15, 0.2) is 24.4 Å². The predicted molar refractivity (Wildman–Crippen MR) is 115 cm³/mol. The average molecular weight is 470 g/mol. The molecule has 32 heavy (non-hydrogen) atoms. The van der Waals surface area contributed by atoms with Crippen molar-refractivity contribution in [3.63, 3.8) is 0 Å². The number of hydrogen-bond donors (Lipinski definition) is 2. The van der Waals surface area contributed by atoms with Crippen molar-refractivity contribution in [1.82, 2.24) is 14.4 Å². The highest BCUT2D eigenvalue weighted by Gasteiger charge is 2.46. The van der Waals surface area contributed by atoms with Gasteiger partial charge in [-0.15, -0.1) is 0 Å². The summed E-state index contributed by atoms with van der Waals surface area (Å²) < 4.78 is 29.0. The number of carboxylic acid groups (broad SMARTS) is 1. The van der Waals surface area contributed by atoms with Crippen molar-refractivity contribution in [1.29, 1.82) is 0 Å². The summed E-state index contributed by atoms with van der Waals surface area (Å²) in [4.78, 5) is 27.5. The van der Waals surface area contributed by atoms with Crippen molar-refractivity contribution in [2.45, 2.75) is 62.8 Å². The first-order valence-corrected chi connectivity index (χ1v) is 11.1. The highest BCUT2D eigenvalue weighted by molar-refractivity contribution is 6.36. The number of benzene rings is 1. The van der Waals surface area contributed by atoms with E-state index in [4.69, 9.17) is 11.6 Å². The van der Waals surface area contributed by atoms with Crippen LogP contribution in [0.3, 0.4) is 0 Å². The lowest BCUT2D eigenvalue weighted by Gasteiger charge is -2.42. The van der Waals surface area contributed by atoms with Crippen LogP contribution in [-0.4, -0.2) is 67.9 Å². The third-order valence-electron chi connectivity index (χ3n) is 6.83. The number of fused-ring (bicyclic) bond motifs is 1. The fraction of sp³-hybridized carbons (Fsp3) is 0.545. The van der Waals surface area contributed by atoms with E-state index in [1.165, 1.54) is 11.9 Å². The van der Waals surface area contributed by atoms with E-state index in [0.717, 1.165) is 11.3 Å². The van der Waals surface area contributed by atoms with Crippen molar-refractivity contribution in [2.24, 2.45) is 0 Å². The number of nitrogens with zero attached hydrogens (tertiary/aromatic N) is 3. The lowest BCUT2D eigenvalue weighted by atomic mass is 9.87. The molecule has 1 aliphatic heterocycles. The molecule has 1 unspecified atom stereocenters. The first-order valence-electron chi connectivity index (χ1n) is 10.7. The van der Waals surface area contributed by atoms with Crippen LogP contribution in [0.1, 0.15) is 48.9 Å². The van der Waals surface area contributed by atoms with E-state index in [9.17, 15) is 28.6 Å². The molecule has 10 heteroatoms. The summed E-state index contributed by atoms with van der Waals surface area (Å²) in [5.41, 5.74) is -0.743. The molecule has 2 fully saturated rings. The third kappa shape index (κ3) is 4.03. The van der Waals surface area contributed by atoms with Crippen LogP contribution in [0.4, 0.5) is 13.6 Å². The zero-order chi connectivity index (χ0) is 23.3. The molecule has 2 aromatic rings. The fourth-order valence-corrected chi connectivity index (χ4v) is 5.12. The second-order valence-electron chi connectivity index (χ2n) is 8.80. The summed E-state index contributed by atoms with van der Waals surface area (Å²) in [6.07, 6.45) is 0.706. The van der Waals surface area contributed by atoms with E-state index in [-0.39, 0.29) is 24.4 Å². The van der Waals surface area contributed by atoms with Gasteiger partial charge >= 0.3 is 6.09 Å². The van der Waals surface area contributed by atoms with Gasteiger partial charge in [-0.2, -0.15) is 0 Å². The van der Waals surface area contributed by atoms with E-state index in [0.29, 0.717) is 35.4 Å². The zero-order valence-corrected chi connectivity index (χ0v) is 18.5. The van der Waals surface area contributed by atoms with Crippen LogP contribution >= 0.6 is 11.6 Å². The van der Waals surface area contributed by atoms with Crippen LogP contribution < -0.4 is 0 Å². The minimum atomic E-state index is -2.84. The Morgan fingerprint density at radius 1 is 1.25 bits per heavy atom. The van der Waals surface area contributed by atoms with Crippen LogP contribution in [0.25, 0.3) is 10.9 Å². The molecular weight excluding hydrogens is 444 g/mol. The van der Waals surface area contributed by atoms with Crippen LogP contribution in [-0.2, 0) is 6.54 Å². The molecule has 1 atom stereocenters. The zero-order valence-electron chi connectivity index (χ0n) is 17.7. The van der Waals surface area contributed by atoms with Gasteiger partial charge < -0.3 is 24.6 Å². The first-order chi connectivity index (χ1) is 15.0. The number of halogens is 3. The van der Waals surface area contributed by atoms with E-state index >= 15 is 0 Å². The van der Waals surface area contributed by atoms with Gasteiger partial charge in [0.1, 0.15) is 5.72 Å². The molecule has 2 N–H and O–H groups in total. The van der Waals surface area contributed by atoms with Gasteiger partial charge in [0.15, 0.2) is 0 Å². The summed E-state index contributed by atoms with van der Waals surface area (Å²) >= 11 is 6.43. The largest absolute Gasteiger partial charge is 0.465 e. The van der Waals surface area contributed by atoms with Gasteiger partial charge in [0.25, 0.3) is 5.91 Å². The van der Waals surface area contributed by atoms with Crippen LogP contribution in [0.2, 0.25) is 5.02 Å². The monoisotopic (exact) mass is 469 g/mol. The van der Waals surface area contributed by atoms with Crippen molar-refractivity contribution in [3.05, 3.63) is 35.0 Å². The molecule has 174 valence electrons. The van der Waals surface area contributed by atoms with Gasteiger partial charge in [0.2, 0.25) is 5.92 Å². The van der Waals surface area contributed by atoms with Gasteiger partial charge in [0.05, 0.1) is 22.1 Å². The van der Waals surface area contributed by atoms with Gasteiger partial charge in [-0.25, -0.2) is 13.6 Å². The van der Waals surface area contributed by atoms with Crippen LogP contribution in [0, 0.1) is 0 Å². The number of aromatic nitrogens is 1. The quantitative estimate of drug-likeness (QED) is 0.649. The van der Waals surface area contributed by atoms with E-state index < -0.39 is 36.5 Å². The smallest absolute Gasteiger partial charge is 0.407 e. The maximum Gasteiger partial charge on any atom is 0.407 e. The number of alkyl halides is 2. The minimum Gasteiger partial charge on any atom is -0.465 e. The molecule has 7 nitrogen and oxygen atoms in total. The minimum absolute atomic E-state index is 0.218. The highest BCUT2D eigenvalue weighted by Crippen LogP contribution is 2.41. The molecule has 4 rings (SSSR count). The number of hydrogen-bond acceptors (Lipinski definition) is 3. The molecular formula is C22H26ClF2N3O4. The van der Waals surface area contributed by atoms with Gasteiger partial charge in [0, 0.05) is 57.4 Å². The third-order valence-corrected chi connectivity index (χ3v) is 7.14. The number of likely N-dealkylation sites (tertiary alicyclic amines) is 1. The van der Waals surface area contributed by atoms with Crippen molar-refractivity contribution in [3.8, 4) is 0 Å². The standard InChI is InChI=1S/C22H26ClF2N3O4/c1-26(22(32)9-7-21(24,25)8-10-22)19(29)15-13-27(17-6-2-5-16(23)18(15)17)12-14-4-3-11-28(14)20(30)31/h2,5-6,13-14,32H,3-4,7-12H2,1H3,(H,30,31). The van der Waals surface area contributed by atoms with Crippen molar-refractivity contribution >= 4 is 34.5 Å².